The van der Waals surface area contributed by atoms with Crippen molar-refractivity contribution in [3.05, 3.63) is 56.8 Å². The van der Waals surface area contributed by atoms with Crippen molar-refractivity contribution in [1.82, 2.24) is 0 Å². The molecule has 0 N–H and O–H groups in total. The number of halogens is 4. The second-order valence-corrected chi connectivity index (χ2v) is 4.96. The zero-order valence-electron chi connectivity index (χ0n) is 8.90. The molecule has 88 valence electrons. The Morgan fingerprint density at radius 2 is 1.53 bits per heavy atom. The van der Waals surface area contributed by atoms with Gasteiger partial charge in [-0.05, 0) is 36.2 Å². The monoisotopic (exact) mass is 288 g/mol. The largest absolute Gasteiger partial charge is 0.207 e. The average Bonchev–Trinajstić information content (AvgIpc) is 2.21. The Morgan fingerprint density at radius 3 is 2.06 bits per heavy atom. The summed E-state index contributed by atoms with van der Waals surface area (Å²) in [6, 6.07) is 8.05. The first kappa shape index (κ1) is 12.7. The van der Waals surface area contributed by atoms with E-state index in [1.165, 1.54) is 6.07 Å². The van der Waals surface area contributed by atoms with Gasteiger partial charge in [-0.15, -0.1) is 0 Å². The van der Waals surface area contributed by atoms with Crippen molar-refractivity contribution in [3.8, 4) is 11.1 Å². The van der Waals surface area contributed by atoms with E-state index in [9.17, 15) is 4.39 Å². The van der Waals surface area contributed by atoms with Gasteiger partial charge in [-0.2, -0.15) is 0 Å². The minimum absolute atomic E-state index is 0.287. The molecule has 2 rings (SSSR count). The smallest absolute Gasteiger partial charge is 0.126 e. The van der Waals surface area contributed by atoms with Crippen LogP contribution in [0.3, 0.4) is 0 Å². The van der Waals surface area contributed by atoms with Gasteiger partial charge < -0.3 is 0 Å². The van der Waals surface area contributed by atoms with Crippen molar-refractivity contribution in [2.75, 3.05) is 0 Å². The number of hydrogen-bond acceptors (Lipinski definition) is 0. The summed E-state index contributed by atoms with van der Waals surface area (Å²) in [7, 11) is 0. The van der Waals surface area contributed by atoms with E-state index in [-0.39, 0.29) is 5.82 Å². The van der Waals surface area contributed by atoms with Gasteiger partial charge in [0, 0.05) is 10.6 Å². The van der Waals surface area contributed by atoms with Crippen LogP contribution in [-0.4, -0.2) is 0 Å². The normalized spacial score (nSPS) is 10.6. The van der Waals surface area contributed by atoms with Crippen LogP contribution in [0.5, 0.6) is 0 Å². The van der Waals surface area contributed by atoms with Crippen molar-refractivity contribution in [2.24, 2.45) is 0 Å². The van der Waals surface area contributed by atoms with Crippen molar-refractivity contribution in [3.63, 3.8) is 0 Å². The summed E-state index contributed by atoms with van der Waals surface area (Å²) in [5.41, 5.74) is 1.81. The first-order chi connectivity index (χ1) is 7.99. The molecule has 0 heterocycles. The zero-order valence-corrected chi connectivity index (χ0v) is 11.2. The molecule has 0 bridgehead atoms. The van der Waals surface area contributed by atoms with Gasteiger partial charge in [0.2, 0.25) is 0 Å². The van der Waals surface area contributed by atoms with E-state index in [1.54, 1.807) is 31.2 Å². The van der Waals surface area contributed by atoms with E-state index in [1.807, 2.05) is 0 Å². The molecule has 0 nitrogen and oxygen atoms in total. The Bertz CT molecular complexity index is 556. The number of benzene rings is 2. The third-order valence-electron chi connectivity index (χ3n) is 2.47. The molecule has 0 fully saturated rings. The molecular weight excluding hydrogens is 282 g/mol. The summed E-state index contributed by atoms with van der Waals surface area (Å²) in [6.07, 6.45) is 0. The lowest BCUT2D eigenvalue weighted by Crippen LogP contribution is -1.87. The summed E-state index contributed by atoms with van der Waals surface area (Å²) in [4.78, 5) is 0. The highest BCUT2D eigenvalue weighted by atomic mass is 35.5. The highest BCUT2D eigenvalue weighted by Crippen LogP contribution is 2.37. The summed E-state index contributed by atoms with van der Waals surface area (Å²) in [5, 5.41) is 1.27. The molecular formula is C13H8Cl3F. The molecule has 2 aromatic rings. The summed E-state index contributed by atoms with van der Waals surface area (Å²) in [6.45, 7) is 1.70. The first-order valence-electron chi connectivity index (χ1n) is 4.90. The maximum absolute atomic E-state index is 13.5. The molecule has 0 radical (unpaired) electrons. The molecule has 0 saturated heterocycles. The molecule has 0 aliphatic heterocycles. The van der Waals surface area contributed by atoms with Gasteiger partial charge in [-0.3, -0.25) is 0 Å². The minimum atomic E-state index is -0.287. The van der Waals surface area contributed by atoms with Crippen molar-refractivity contribution >= 4 is 34.8 Å². The van der Waals surface area contributed by atoms with Crippen LogP contribution in [0.25, 0.3) is 11.1 Å². The fourth-order valence-electron chi connectivity index (χ4n) is 1.57. The van der Waals surface area contributed by atoms with Gasteiger partial charge in [-0.25, -0.2) is 4.39 Å². The van der Waals surface area contributed by atoms with Crippen LogP contribution < -0.4 is 0 Å². The van der Waals surface area contributed by atoms with Crippen LogP contribution >= 0.6 is 34.8 Å². The number of rotatable bonds is 1. The number of aryl methyl sites for hydroxylation is 1. The number of hydrogen-bond donors (Lipinski definition) is 0. The molecule has 0 atom stereocenters. The Labute approximate surface area is 114 Å². The van der Waals surface area contributed by atoms with Gasteiger partial charge in [0.05, 0.1) is 10.0 Å². The van der Waals surface area contributed by atoms with Crippen molar-refractivity contribution < 1.29 is 4.39 Å². The lowest BCUT2D eigenvalue weighted by molar-refractivity contribution is 0.619. The van der Waals surface area contributed by atoms with Crippen LogP contribution in [0.1, 0.15) is 5.56 Å². The predicted octanol–water partition coefficient (Wildman–Crippen LogP) is 5.76. The summed E-state index contributed by atoms with van der Waals surface area (Å²) >= 11 is 18.0. The molecule has 0 saturated carbocycles. The van der Waals surface area contributed by atoms with Gasteiger partial charge in [0.15, 0.2) is 0 Å². The quantitative estimate of drug-likeness (QED) is 0.626. The minimum Gasteiger partial charge on any atom is -0.207 e. The van der Waals surface area contributed by atoms with Crippen LogP contribution in [0, 0.1) is 12.7 Å². The topological polar surface area (TPSA) is 0 Å². The molecule has 0 unspecified atom stereocenters. The highest BCUT2D eigenvalue weighted by Gasteiger charge is 2.11. The molecule has 0 aliphatic rings. The van der Waals surface area contributed by atoms with Gasteiger partial charge >= 0.3 is 0 Å². The standard InChI is InChI=1S/C13H8Cl3F/c1-7-2-3-8(4-12(7)17)13-10(15)5-9(14)6-11(13)16/h2-6H,1H3. The van der Waals surface area contributed by atoms with Gasteiger partial charge in [-0.1, -0.05) is 46.9 Å². The van der Waals surface area contributed by atoms with Gasteiger partial charge in [0.25, 0.3) is 0 Å². The van der Waals surface area contributed by atoms with E-state index in [4.69, 9.17) is 34.8 Å². The highest BCUT2D eigenvalue weighted by molar-refractivity contribution is 6.41. The lowest BCUT2D eigenvalue weighted by Gasteiger charge is -2.09. The Morgan fingerprint density at radius 1 is 0.941 bits per heavy atom. The molecule has 17 heavy (non-hydrogen) atoms. The van der Waals surface area contributed by atoms with E-state index < -0.39 is 0 Å². The summed E-state index contributed by atoms with van der Waals surface area (Å²) in [5.74, 6) is -0.287. The maximum Gasteiger partial charge on any atom is 0.126 e. The van der Waals surface area contributed by atoms with Crippen LogP contribution in [0.2, 0.25) is 15.1 Å². The van der Waals surface area contributed by atoms with Gasteiger partial charge in [0.1, 0.15) is 5.82 Å². The second-order valence-electron chi connectivity index (χ2n) is 3.71. The fraction of sp³-hybridized carbons (Fsp3) is 0.0769. The first-order valence-corrected chi connectivity index (χ1v) is 6.03. The molecule has 0 spiro atoms. The van der Waals surface area contributed by atoms with Crippen LogP contribution in [0.4, 0.5) is 4.39 Å². The van der Waals surface area contributed by atoms with Crippen LogP contribution in [-0.2, 0) is 0 Å². The van der Waals surface area contributed by atoms with Crippen molar-refractivity contribution in [1.29, 1.82) is 0 Å². The Balaban J connectivity index is 2.64. The molecule has 2 aromatic carbocycles. The zero-order chi connectivity index (χ0) is 12.6. The van der Waals surface area contributed by atoms with E-state index >= 15 is 0 Å². The third-order valence-corrected chi connectivity index (χ3v) is 3.28. The Kier molecular flexibility index (Phi) is 3.62. The molecule has 0 aliphatic carbocycles. The fourth-order valence-corrected chi connectivity index (χ4v) is 2.60. The van der Waals surface area contributed by atoms with Crippen LogP contribution in [0.15, 0.2) is 30.3 Å². The molecule has 0 aromatic heterocycles. The van der Waals surface area contributed by atoms with E-state index in [2.05, 4.69) is 0 Å². The second kappa shape index (κ2) is 4.85. The lowest BCUT2D eigenvalue weighted by atomic mass is 10.0. The SMILES string of the molecule is Cc1ccc(-c2c(Cl)cc(Cl)cc2Cl)cc1F. The molecule has 0 amide bonds. The summed E-state index contributed by atoms with van der Waals surface area (Å²) < 4.78 is 13.5. The predicted molar refractivity (Wildman–Crippen MR) is 71.6 cm³/mol. The average molecular weight is 290 g/mol. The van der Waals surface area contributed by atoms with E-state index in [0.29, 0.717) is 31.8 Å². The maximum atomic E-state index is 13.5. The van der Waals surface area contributed by atoms with E-state index in [0.717, 1.165) is 0 Å². The third kappa shape index (κ3) is 2.57. The van der Waals surface area contributed by atoms with Crippen molar-refractivity contribution in [2.45, 2.75) is 6.92 Å². The molecule has 4 heteroatoms. The Hall–Kier alpha value is -0.760.